The van der Waals surface area contributed by atoms with Crippen LogP contribution in [0.2, 0.25) is 0 Å². The summed E-state index contributed by atoms with van der Waals surface area (Å²) in [6.07, 6.45) is 9.33. The highest BCUT2D eigenvalue weighted by atomic mass is 16.5. The lowest BCUT2D eigenvalue weighted by molar-refractivity contribution is 0.287. The van der Waals surface area contributed by atoms with Crippen LogP contribution < -0.4 is 19.7 Å². The van der Waals surface area contributed by atoms with E-state index in [0.29, 0.717) is 0 Å². The number of benzene rings is 1. The predicted molar refractivity (Wildman–Crippen MR) is 115 cm³/mol. The smallest absolute Gasteiger partial charge is 0.161 e. The Morgan fingerprint density at radius 2 is 2.14 bits per heavy atom. The summed E-state index contributed by atoms with van der Waals surface area (Å²) in [5.74, 6) is 2.61. The van der Waals surface area contributed by atoms with Gasteiger partial charge in [0.25, 0.3) is 0 Å². The van der Waals surface area contributed by atoms with Crippen molar-refractivity contribution in [1.82, 2.24) is 10.3 Å². The molecule has 1 atom stereocenters. The van der Waals surface area contributed by atoms with Crippen LogP contribution in [-0.2, 0) is 6.42 Å². The number of nitrogens with one attached hydrogen (secondary N) is 1. The highest BCUT2D eigenvalue weighted by Gasteiger charge is 2.21. The molecule has 0 saturated carbocycles. The van der Waals surface area contributed by atoms with Gasteiger partial charge in [-0.1, -0.05) is 25.5 Å². The van der Waals surface area contributed by atoms with E-state index in [-0.39, 0.29) is 6.04 Å². The average molecular weight is 382 g/mol. The Balaban J connectivity index is 1.87. The van der Waals surface area contributed by atoms with Gasteiger partial charge in [0, 0.05) is 32.4 Å². The first-order valence-electron chi connectivity index (χ1n) is 10.0. The topological polar surface area (TPSA) is 46.6 Å². The Hall–Kier alpha value is -2.53. The summed E-state index contributed by atoms with van der Waals surface area (Å²) in [5, 5.41) is 3.60. The zero-order valence-electron chi connectivity index (χ0n) is 17.4. The molecule has 1 unspecified atom stereocenters. The van der Waals surface area contributed by atoms with Crippen LogP contribution in [0.5, 0.6) is 11.5 Å². The molecule has 0 saturated heterocycles. The summed E-state index contributed by atoms with van der Waals surface area (Å²) in [7, 11) is 5.73. The highest BCUT2D eigenvalue weighted by molar-refractivity contribution is 5.64. The predicted octanol–water partition coefficient (Wildman–Crippen LogP) is 4.24. The fourth-order valence-corrected chi connectivity index (χ4v) is 3.48. The van der Waals surface area contributed by atoms with Crippen molar-refractivity contribution >= 4 is 11.9 Å². The Kier molecular flexibility index (Phi) is 6.93. The average Bonchev–Trinajstić information content (AvgIpc) is 2.72. The van der Waals surface area contributed by atoms with Crippen LogP contribution >= 0.6 is 0 Å². The van der Waals surface area contributed by atoms with Gasteiger partial charge >= 0.3 is 0 Å². The number of hydrogen-bond acceptors (Lipinski definition) is 5. The van der Waals surface area contributed by atoms with Crippen molar-refractivity contribution < 1.29 is 9.47 Å². The van der Waals surface area contributed by atoms with Gasteiger partial charge in [0.1, 0.15) is 5.82 Å². The minimum Gasteiger partial charge on any atom is -0.493 e. The molecule has 0 radical (unpaired) electrons. The Morgan fingerprint density at radius 3 is 2.89 bits per heavy atom. The Bertz CT molecular complexity index is 817. The molecule has 1 aliphatic heterocycles. The lowest BCUT2D eigenvalue weighted by Gasteiger charge is -2.26. The van der Waals surface area contributed by atoms with Gasteiger partial charge in [-0.05, 0) is 48.2 Å². The first-order chi connectivity index (χ1) is 13.6. The molecule has 1 aromatic heterocycles. The quantitative estimate of drug-likeness (QED) is 0.693. The van der Waals surface area contributed by atoms with E-state index in [4.69, 9.17) is 9.47 Å². The molecule has 0 amide bonds. The Labute approximate surface area is 168 Å². The molecule has 1 aliphatic rings. The summed E-state index contributed by atoms with van der Waals surface area (Å²) in [6.45, 7) is 3.83. The molecule has 0 aliphatic carbocycles. The standard InChI is InChI=1S/C23H31N3O2/c1-5-6-14-28-22-15-18-11-13-24-20(19(18)16-21(22)27-4)10-9-17-8-7-12-25-23(17)26(2)3/h7-10,12,15-16,20,24H,5-6,11,13-14H2,1-4H3/b10-9+. The van der Waals surface area contributed by atoms with Crippen LogP contribution in [0.3, 0.4) is 0 Å². The van der Waals surface area contributed by atoms with Crippen LogP contribution in [0.1, 0.15) is 42.5 Å². The molecule has 2 aromatic rings. The van der Waals surface area contributed by atoms with E-state index in [2.05, 4.69) is 47.6 Å². The maximum absolute atomic E-state index is 5.96. The van der Waals surface area contributed by atoms with E-state index in [1.165, 1.54) is 11.1 Å². The molecule has 1 N–H and O–H groups in total. The second-order valence-corrected chi connectivity index (χ2v) is 7.26. The van der Waals surface area contributed by atoms with E-state index >= 15 is 0 Å². The first kappa shape index (κ1) is 20.2. The van der Waals surface area contributed by atoms with Crippen molar-refractivity contribution in [2.24, 2.45) is 0 Å². The minimum atomic E-state index is 0.137. The third-order valence-corrected chi connectivity index (χ3v) is 4.98. The monoisotopic (exact) mass is 381 g/mol. The number of rotatable bonds is 8. The second kappa shape index (κ2) is 9.60. The van der Waals surface area contributed by atoms with Gasteiger partial charge < -0.3 is 19.7 Å². The molecule has 0 spiro atoms. The van der Waals surface area contributed by atoms with Gasteiger partial charge in [0.2, 0.25) is 0 Å². The fraction of sp³-hybridized carbons (Fsp3) is 0.435. The maximum atomic E-state index is 5.96. The molecular formula is C23H31N3O2. The number of nitrogens with zero attached hydrogens (tertiary/aromatic N) is 2. The molecule has 0 fully saturated rings. The first-order valence-corrected chi connectivity index (χ1v) is 10.0. The van der Waals surface area contributed by atoms with Crippen LogP contribution in [-0.4, -0.2) is 39.3 Å². The van der Waals surface area contributed by atoms with Gasteiger partial charge in [-0.25, -0.2) is 4.98 Å². The zero-order valence-corrected chi connectivity index (χ0v) is 17.4. The van der Waals surface area contributed by atoms with Crippen molar-refractivity contribution in [2.45, 2.75) is 32.2 Å². The van der Waals surface area contributed by atoms with E-state index in [9.17, 15) is 0 Å². The van der Waals surface area contributed by atoms with E-state index in [1.54, 1.807) is 7.11 Å². The van der Waals surface area contributed by atoms with Crippen molar-refractivity contribution in [1.29, 1.82) is 0 Å². The molecule has 5 nitrogen and oxygen atoms in total. The summed E-state index contributed by atoms with van der Waals surface area (Å²) in [4.78, 5) is 6.51. The number of fused-ring (bicyclic) bond motifs is 1. The molecular weight excluding hydrogens is 350 g/mol. The van der Waals surface area contributed by atoms with Gasteiger partial charge in [0.15, 0.2) is 11.5 Å². The van der Waals surface area contributed by atoms with E-state index in [0.717, 1.165) is 55.3 Å². The van der Waals surface area contributed by atoms with Crippen molar-refractivity contribution in [2.75, 3.05) is 39.3 Å². The second-order valence-electron chi connectivity index (χ2n) is 7.26. The van der Waals surface area contributed by atoms with Gasteiger partial charge in [-0.15, -0.1) is 0 Å². The lowest BCUT2D eigenvalue weighted by Crippen LogP contribution is -2.28. The highest BCUT2D eigenvalue weighted by Crippen LogP contribution is 2.36. The summed E-state index contributed by atoms with van der Waals surface area (Å²) >= 11 is 0. The molecule has 3 rings (SSSR count). The van der Waals surface area contributed by atoms with Crippen LogP contribution in [0.4, 0.5) is 5.82 Å². The molecule has 0 bridgehead atoms. The number of anilines is 1. The van der Waals surface area contributed by atoms with Crippen molar-refractivity contribution in [3.8, 4) is 11.5 Å². The normalized spacial score (nSPS) is 16.1. The third kappa shape index (κ3) is 4.65. The van der Waals surface area contributed by atoms with Gasteiger partial charge in [0.05, 0.1) is 19.8 Å². The number of unbranched alkanes of at least 4 members (excludes halogenated alkanes) is 1. The summed E-state index contributed by atoms with van der Waals surface area (Å²) in [5.41, 5.74) is 3.67. The molecule has 150 valence electrons. The lowest BCUT2D eigenvalue weighted by atomic mass is 9.93. The molecule has 28 heavy (non-hydrogen) atoms. The van der Waals surface area contributed by atoms with Gasteiger partial charge in [-0.2, -0.15) is 0 Å². The number of hydrogen-bond donors (Lipinski definition) is 1. The molecule has 1 aromatic carbocycles. The summed E-state index contributed by atoms with van der Waals surface area (Å²) in [6, 6.07) is 8.47. The zero-order chi connectivity index (χ0) is 19.9. The van der Waals surface area contributed by atoms with Crippen molar-refractivity contribution in [3.63, 3.8) is 0 Å². The summed E-state index contributed by atoms with van der Waals surface area (Å²) < 4.78 is 11.6. The number of pyridine rings is 1. The molecule has 2 heterocycles. The number of aromatic nitrogens is 1. The minimum absolute atomic E-state index is 0.137. The van der Waals surface area contributed by atoms with Crippen molar-refractivity contribution in [3.05, 3.63) is 53.2 Å². The largest absolute Gasteiger partial charge is 0.493 e. The third-order valence-electron chi connectivity index (χ3n) is 4.98. The maximum Gasteiger partial charge on any atom is 0.161 e. The number of ether oxygens (including phenoxy) is 2. The molecule has 5 heteroatoms. The van der Waals surface area contributed by atoms with Crippen LogP contribution in [0.25, 0.3) is 6.08 Å². The SMILES string of the molecule is CCCCOc1cc2c(cc1OC)C(/C=C/c1cccnc1N(C)C)NCC2. The van der Waals surface area contributed by atoms with Gasteiger partial charge in [-0.3, -0.25) is 0 Å². The van der Waals surface area contributed by atoms with Crippen LogP contribution in [0.15, 0.2) is 36.5 Å². The fourth-order valence-electron chi connectivity index (χ4n) is 3.48. The Morgan fingerprint density at radius 1 is 1.29 bits per heavy atom. The van der Waals surface area contributed by atoms with Crippen LogP contribution in [0, 0.1) is 0 Å². The van der Waals surface area contributed by atoms with E-state index < -0.39 is 0 Å². The van der Waals surface area contributed by atoms with E-state index in [1.807, 2.05) is 31.3 Å². The number of methoxy groups -OCH3 is 1.